The van der Waals surface area contributed by atoms with Crippen molar-refractivity contribution in [3.63, 3.8) is 0 Å². The standard InChI is InChI=1S/C12H26N2O/c1-15-8-7-14-12(10-13)9-11-5-3-2-4-6-11/h11-12,14H,2-10,13H2,1H3. The Balaban J connectivity index is 2.13. The van der Waals surface area contributed by atoms with Gasteiger partial charge >= 0.3 is 0 Å². The van der Waals surface area contributed by atoms with E-state index in [0.717, 1.165) is 25.6 Å². The zero-order valence-electron chi connectivity index (χ0n) is 10.0. The average molecular weight is 214 g/mol. The van der Waals surface area contributed by atoms with Gasteiger partial charge in [-0.05, 0) is 12.3 Å². The first-order valence-electron chi connectivity index (χ1n) is 6.29. The minimum Gasteiger partial charge on any atom is -0.383 e. The quantitative estimate of drug-likeness (QED) is 0.632. The Morgan fingerprint density at radius 3 is 2.67 bits per heavy atom. The van der Waals surface area contributed by atoms with E-state index in [4.69, 9.17) is 10.5 Å². The van der Waals surface area contributed by atoms with Crippen molar-refractivity contribution in [2.75, 3.05) is 26.8 Å². The van der Waals surface area contributed by atoms with Crippen molar-refractivity contribution < 1.29 is 4.74 Å². The van der Waals surface area contributed by atoms with Crippen LogP contribution in [0.2, 0.25) is 0 Å². The van der Waals surface area contributed by atoms with Crippen molar-refractivity contribution in [1.82, 2.24) is 5.32 Å². The molecule has 15 heavy (non-hydrogen) atoms. The fourth-order valence-electron chi connectivity index (χ4n) is 2.45. The van der Waals surface area contributed by atoms with Crippen molar-refractivity contribution in [1.29, 1.82) is 0 Å². The molecule has 3 nitrogen and oxygen atoms in total. The maximum Gasteiger partial charge on any atom is 0.0587 e. The van der Waals surface area contributed by atoms with Gasteiger partial charge in [0.1, 0.15) is 0 Å². The van der Waals surface area contributed by atoms with Crippen molar-refractivity contribution in [3.05, 3.63) is 0 Å². The van der Waals surface area contributed by atoms with Crippen LogP contribution in [0.3, 0.4) is 0 Å². The molecule has 3 heteroatoms. The normalized spacial score (nSPS) is 20.4. The molecule has 0 bridgehead atoms. The highest BCUT2D eigenvalue weighted by molar-refractivity contribution is 4.75. The smallest absolute Gasteiger partial charge is 0.0587 e. The zero-order valence-corrected chi connectivity index (χ0v) is 10.0. The van der Waals surface area contributed by atoms with Gasteiger partial charge in [0.2, 0.25) is 0 Å². The molecule has 0 aromatic carbocycles. The summed E-state index contributed by atoms with van der Waals surface area (Å²) in [5.41, 5.74) is 5.77. The molecule has 0 heterocycles. The third-order valence-corrected chi connectivity index (χ3v) is 3.37. The molecule has 1 saturated carbocycles. The molecule has 0 amide bonds. The van der Waals surface area contributed by atoms with Crippen LogP contribution >= 0.6 is 0 Å². The first-order chi connectivity index (χ1) is 7.36. The van der Waals surface area contributed by atoms with E-state index in [1.807, 2.05) is 0 Å². The van der Waals surface area contributed by atoms with Crippen LogP contribution in [0.15, 0.2) is 0 Å². The van der Waals surface area contributed by atoms with Crippen LogP contribution in [0, 0.1) is 5.92 Å². The molecular formula is C12H26N2O. The number of hydrogen-bond donors (Lipinski definition) is 2. The summed E-state index contributed by atoms with van der Waals surface area (Å²) in [6.07, 6.45) is 8.33. The first-order valence-corrected chi connectivity index (χ1v) is 6.29. The maximum absolute atomic E-state index is 5.77. The minimum absolute atomic E-state index is 0.489. The summed E-state index contributed by atoms with van der Waals surface area (Å²) in [6.45, 7) is 2.45. The Hall–Kier alpha value is -0.120. The van der Waals surface area contributed by atoms with Gasteiger partial charge < -0.3 is 15.8 Å². The van der Waals surface area contributed by atoms with Crippen LogP contribution in [-0.2, 0) is 4.74 Å². The number of nitrogens with one attached hydrogen (secondary N) is 1. The fourth-order valence-corrected chi connectivity index (χ4v) is 2.45. The SMILES string of the molecule is COCCNC(CN)CC1CCCCC1. The lowest BCUT2D eigenvalue weighted by atomic mass is 9.85. The fraction of sp³-hybridized carbons (Fsp3) is 1.00. The predicted molar refractivity (Wildman–Crippen MR) is 63.9 cm³/mol. The topological polar surface area (TPSA) is 47.3 Å². The van der Waals surface area contributed by atoms with Crippen molar-refractivity contribution >= 4 is 0 Å². The van der Waals surface area contributed by atoms with E-state index in [2.05, 4.69) is 5.32 Å². The lowest BCUT2D eigenvalue weighted by molar-refractivity contribution is 0.192. The maximum atomic E-state index is 5.77. The van der Waals surface area contributed by atoms with Gasteiger partial charge in [-0.3, -0.25) is 0 Å². The summed E-state index contributed by atoms with van der Waals surface area (Å²) in [4.78, 5) is 0. The van der Waals surface area contributed by atoms with Crippen LogP contribution in [0.25, 0.3) is 0 Å². The molecule has 1 aliphatic rings. The molecule has 0 aromatic heterocycles. The van der Waals surface area contributed by atoms with E-state index in [1.54, 1.807) is 7.11 Å². The van der Waals surface area contributed by atoms with Crippen LogP contribution in [0.4, 0.5) is 0 Å². The lowest BCUT2D eigenvalue weighted by Crippen LogP contribution is -2.39. The van der Waals surface area contributed by atoms with E-state index in [1.165, 1.54) is 38.5 Å². The summed E-state index contributed by atoms with van der Waals surface area (Å²) < 4.78 is 5.02. The number of hydrogen-bond acceptors (Lipinski definition) is 3. The minimum atomic E-state index is 0.489. The summed E-state index contributed by atoms with van der Waals surface area (Å²) in [5, 5.41) is 3.47. The first kappa shape index (κ1) is 12.9. The molecule has 0 spiro atoms. The predicted octanol–water partition coefficient (Wildman–Crippen LogP) is 1.52. The summed E-state index contributed by atoms with van der Waals surface area (Å²) in [5.74, 6) is 0.905. The van der Waals surface area contributed by atoms with Crippen LogP contribution in [0.1, 0.15) is 38.5 Å². The molecule has 1 fully saturated rings. The molecule has 1 unspecified atom stereocenters. The zero-order chi connectivity index (χ0) is 10.9. The number of rotatable bonds is 7. The van der Waals surface area contributed by atoms with E-state index < -0.39 is 0 Å². The van der Waals surface area contributed by atoms with Gasteiger partial charge in [-0.25, -0.2) is 0 Å². The Morgan fingerprint density at radius 2 is 2.07 bits per heavy atom. The van der Waals surface area contributed by atoms with Crippen molar-refractivity contribution in [2.24, 2.45) is 11.7 Å². The second-order valence-electron chi connectivity index (χ2n) is 4.62. The molecule has 1 rings (SSSR count). The Morgan fingerprint density at radius 1 is 1.33 bits per heavy atom. The van der Waals surface area contributed by atoms with Crippen LogP contribution < -0.4 is 11.1 Å². The molecule has 1 atom stereocenters. The Bertz CT molecular complexity index is 147. The molecule has 0 radical (unpaired) electrons. The highest BCUT2D eigenvalue weighted by atomic mass is 16.5. The van der Waals surface area contributed by atoms with E-state index >= 15 is 0 Å². The largest absolute Gasteiger partial charge is 0.383 e. The highest BCUT2D eigenvalue weighted by Crippen LogP contribution is 2.27. The molecule has 0 aromatic rings. The van der Waals surface area contributed by atoms with Gasteiger partial charge in [0.25, 0.3) is 0 Å². The number of ether oxygens (including phenoxy) is 1. The highest BCUT2D eigenvalue weighted by Gasteiger charge is 2.17. The third kappa shape index (κ3) is 5.50. The Labute approximate surface area is 93.8 Å². The lowest BCUT2D eigenvalue weighted by Gasteiger charge is -2.26. The van der Waals surface area contributed by atoms with Gasteiger partial charge in [-0.1, -0.05) is 32.1 Å². The van der Waals surface area contributed by atoms with E-state index in [-0.39, 0.29) is 0 Å². The molecule has 1 aliphatic carbocycles. The molecule has 90 valence electrons. The van der Waals surface area contributed by atoms with Crippen molar-refractivity contribution in [2.45, 2.75) is 44.6 Å². The molecular weight excluding hydrogens is 188 g/mol. The van der Waals surface area contributed by atoms with Gasteiger partial charge in [-0.15, -0.1) is 0 Å². The molecule has 0 aliphatic heterocycles. The second-order valence-corrected chi connectivity index (χ2v) is 4.62. The average Bonchev–Trinajstić information content (AvgIpc) is 2.29. The summed E-state index contributed by atoms with van der Waals surface area (Å²) >= 11 is 0. The summed E-state index contributed by atoms with van der Waals surface area (Å²) in [7, 11) is 1.74. The van der Waals surface area contributed by atoms with Crippen molar-refractivity contribution in [3.8, 4) is 0 Å². The summed E-state index contributed by atoms with van der Waals surface area (Å²) in [6, 6.07) is 0.489. The van der Waals surface area contributed by atoms with Gasteiger partial charge in [-0.2, -0.15) is 0 Å². The van der Waals surface area contributed by atoms with Gasteiger partial charge in [0.05, 0.1) is 6.61 Å². The number of methoxy groups -OCH3 is 1. The van der Waals surface area contributed by atoms with Crippen LogP contribution in [-0.4, -0.2) is 32.8 Å². The molecule has 3 N–H and O–H groups in total. The van der Waals surface area contributed by atoms with Gasteiger partial charge in [0, 0.05) is 26.2 Å². The third-order valence-electron chi connectivity index (χ3n) is 3.37. The monoisotopic (exact) mass is 214 g/mol. The second kappa shape index (κ2) is 8.08. The van der Waals surface area contributed by atoms with E-state index in [0.29, 0.717) is 6.04 Å². The van der Waals surface area contributed by atoms with Crippen LogP contribution in [0.5, 0.6) is 0 Å². The molecule has 0 saturated heterocycles. The Kier molecular flexibility index (Phi) is 6.98. The number of nitrogens with two attached hydrogens (primary N) is 1. The van der Waals surface area contributed by atoms with Gasteiger partial charge in [0.15, 0.2) is 0 Å². The van der Waals surface area contributed by atoms with E-state index in [9.17, 15) is 0 Å².